The van der Waals surface area contributed by atoms with Crippen molar-refractivity contribution in [1.82, 2.24) is 29.9 Å². The van der Waals surface area contributed by atoms with Crippen LogP contribution < -0.4 is 20.9 Å². The van der Waals surface area contributed by atoms with Crippen molar-refractivity contribution in [1.29, 1.82) is 0 Å². The van der Waals surface area contributed by atoms with Gasteiger partial charge in [0.15, 0.2) is 29.5 Å². The van der Waals surface area contributed by atoms with E-state index in [9.17, 15) is 14.2 Å². The minimum atomic E-state index is -4.88. The van der Waals surface area contributed by atoms with E-state index in [1.807, 2.05) is 0 Å². The first-order chi connectivity index (χ1) is 17.6. The molecule has 37 heavy (non-hydrogen) atoms. The Morgan fingerprint density at radius 2 is 2.00 bits per heavy atom. The first-order valence-corrected chi connectivity index (χ1v) is 12.6. The van der Waals surface area contributed by atoms with Gasteiger partial charge in [-0.1, -0.05) is 6.07 Å². The van der Waals surface area contributed by atoms with Crippen LogP contribution in [-0.4, -0.2) is 60.3 Å². The Hall–Kier alpha value is -3.91. The summed E-state index contributed by atoms with van der Waals surface area (Å²) in [6.07, 6.45) is 2.94. The van der Waals surface area contributed by atoms with Crippen molar-refractivity contribution in [3.05, 3.63) is 41.8 Å². The third-order valence-corrected chi connectivity index (χ3v) is 5.74. The zero-order chi connectivity index (χ0) is 26.7. The fourth-order valence-electron chi connectivity index (χ4n) is 3.37. The molecule has 1 aromatic carbocycles. The van der Waals surface area contributed by atoms with Gasteiger partial charge < -0.3 is 25.2 Å². The Kier molecular flexibility index (Phi) is 7.50. The third-order valence-electron chi connectivity index (χ3n) is 5.28. The van der Waals surface area contributed by atoms with Crippen LogP contribution in [0.15, 0.2) is 35.6 Å². The number of methoxy groups -OCH3 is 1. The highest BCUT2D eigenvalue weighted by Crippen LogP contribution is 2.37. The minimum Gasteiger partial charge on any atom is -0.494 e. The van der Waals surface area contributed by atoms with Gasteiger partial charge in [-0.3, -0.25) is 18.8 Å². The van der Waals surface area contributed by atoms with Crippen LogP contribution in [0.25, 0.3) is 11.4 Å². The van der Waals surface area contributed by atoms with Crippen LogP contribution >= 0.6 is 7.82 Å². The van der Waals surface area contributed by atoms with E-state index in [0.717, 1.165) is 4.68 Å². The summed E-state index contributed by atoms with van der Waals surface area (Å²) in [5.74, 6) is -0.460. The second-order valence-electron chi connectivity index (χ2n) is 8.07. The van der Waals surface area contributed by atoms with Crippen LogP contribution in [0.1, 0.15) is 23.3 Å². The predicted molar refractivity (Wildman–Crippen MR) is 128 cm³/mol. The van der Waals surface area contributed by atoms with Crippen molar-refractivity contribution in [3.63, 3.8) is 0 Å². The quantitative estimate of drug-likeness (QED) is 0.283. The molecule has 4 N–H and O–H groups in total. The molecule has 1 saturated carbocycles. The number of nitrogens with one attached hydrogen (secondary N) is 2. The van der Waals surface area contributed by atoms with Gasteiger partial charge in [-0.25, -0.2) is 14.2 Å². The lowest BCUT2D eigenvalue weighted by Gasteiger charge is -2.17. The Morgan fingerprint density at radius 3 is 2.59 bits per heavy atom. The number of carbonyl (C=O) groups is 2. The van der Waals surface area contributed by atoms with Gasteiger partial charge in [-0.15, -0.1) is 0 Å². The zero-order valence-electron chi connectivity index (χ0n) is 20.2. The molecule has 1 aliphatic rings. The number of anilines is 2. The highest BCUT2D eigenvalue weighted by atomic mass is 31.2. The number of ether oxygens (including phenoxy) is 1. The third kappa shape index (κ3) is 6.27. The largest absolute Gasteiger partial charge is 0.494 e. The summed E-state index contributed by atoms with van der Waals surface area (Å²) in [5, 5.41) is 14.0. The van der Waals surface area contributed by atoms with Gasteiger partial charge in [0.25, 0.3) is 11.8 Å². The number of carbonyl (C=O) groups excluding carboxylic acids is 2. The molecule has 0 radical (unpaired) electrons. The molecular weight excluding hydrogens is 507 g/mol. The summed E-state index contributed by atoms with van der Waals surface area (Å²) in [5.41, 5.74) is 0.944. The van der Waals surface area contributed by atoms with Crippen LogP contribution in [-0.2, 0) is 27.7 Å². The lowest BCUT2D eigenvalue weighted by molar-refractivity contribution is -0.119. The van der Waals surface area contributed by atoms with E-state index in [-0.39, 0.29) is 22.8 Å². The van der Waals surface area contributed by atoms with Crippen LogP contribution in [0, 0.1) is 5.92 Å². The van der Waals surface area contributed by atoms with Crippen molar-refractivity contribution >= 4 is 31.0 Å². The molecule has 2 aromatic heterocycles. The van der Waals surface area contributed by atoms with Gasteiger partial charge in [0, 0.05) is 26.1 Å². The van der Waals surface area contributed by atoms with Crippen LogP contribution in [0.2, 0.25) is 0 Å². The summed E-state index contributed by atoms with van der Waals surface area (Å²) in [6.45, 7) is -0.754. The van der Waals surface area contributed by atoms with E-state index in [2.05, 4.69) is 35.3 Å². The predicted octanol–water partition coefficient (Wildman–Crippen LogP) is 0.694. The maximum atomic E-state index is 12.7. The number of aryl methyl sites for hydroxylation is 1. The Bertz CT molecular complexity index is 1460. The van der Waals surface area contributed by atoms with E-state index < -0.39 is 26.4 Å². The monoisotopic (exact) mass is 532 g/mol. The number of phosphoric acid groups is 1. The molecular formula is C21H25N8O7P. The van der Waals surface area contributed by atoms with E-state index in [1.54, 1.807) is 36.3 Å². The van der Waals surface area contributed by atoms with Gasteiger partial charge >= 0.3 is 7.82 Å². The van der Waals surface area contributed by atoms with E-state index in [0.29, 0.717) is 35.7 Å². The molecule has 4 rings (SSSR count). The van der Waals surface area contributed by atoms with Crippen molar-refractivity contribution in [2.75, 3.05) is 19.5 Å². The smallest absolute Gasteiger partial charge is 0.471 e. The summed E-state index contributed by atoms with van der Waals surface area (Å²) in [7, 11) is -0.283. The van der Waals surface area contributed by atoms with E-state index in [1.165, 1.54) is 20.2 Å². The van der Waals surface area contributed by atoms with E-state index >= 15 is 0 Å². The summed E-state index contributed by atoms with van der Waals surface area (Å²) in [4.78, 5) is 51.7. The average Bonchev–Trinajstić information content (AvgIpc) is 3.63. The van der Waals surface area contributed by atoms with E-state index in [4.69, 9.17) is 14.5 Å². The first kappa shape index (κ1) is 26.2. The SMILES string of the molecule is CNC(=O)c1nn(COP(=O)(O)O)/c(=N/C(=O)C2CC2)cc1Nc1cccc(-c2ncn(C)n2)c1OC. The fraction of sp³-hybridized carbons (Fsp3) is 0.333. The second-order valence-corrected chi connectivity index (χ2v) is 9.31. The van der Waals surface area contributed by atoms with Crippen LogP contribution in [0.5, 0.6) is 5.75 Å². The molecule has 1 fully saturated rings. The van der Waals surface area contributed by atoms with Crippen molar-refractivity contribution in [2.45, 2.75) is 19.6 Å². The maximum Gasteiger partial charge on any atom is 0.471 e. The second kappa shape index (κ2) is 10.6. The molecule has 0 aliphatic heterocycles. The molecule has 0 spiro atoms. The first-order valence-electron chi connectivity index (χ1n) is 11.0. The summed E-state index contributed by atoms with van der Waals surface area (Å²) < 4.78 is 23.9. The molecule has 0 unspecified atom stereocenters. The number of hydrogen-bond donors (Lipinski definition) is 4. The number of amides is 2. The van der Waals surface area contributed by atoms with Crippen molar-refractivity contribution in [2.24, 2.45) is 18.0 Å². The highest BCUT2D eigenvalue weighted by molar-refractivity contribution is 7.46. The number of benzene rings is 1. The van der Waals surface area contributed by atoms with Crippen LogP contribution in [0.3, 0.4) is 0 Å². The molecule has 1 aliphatic carbocycles. The highest BCUT2D eigenvalue weighted by Gasteiger charge is 2.30. The number of para-hydroxylation sites is 1. The maximum absolute atomic E-state index is 12.7. The fourth-order valence-corrected chi connectivity index (χ4v) is 3.63. The normalized spacial score (nSPS) is 13.9. The Morgan fingerprint density at radius 1 is 1.24 bits per heavy atom. The number of phosphoric ester groups is 1. The number of rotatable bonds is 9. The molecule has 196 valence electrons. The van der Waals surface area contributed by atoms with Gasteiger partial charge in [-0.2, -0.15) is 15.2 Å². The van der Waals surface area contributed by atoms with Gasteiger partial charge in [0.1, 0.15) is 6.33 Å². The molecule has 2 heterocycles. The van der Waals surface area contributed by atoms with Gasteiger partial charge in [0.05, 0.1) is 24.0 Å². The van der Waals surface area contributed by atoms with Gasteiger partial charge in [-0.05, 0) is 25.0 Å². The molecule has 15 nitrogen and oxygen atoms in total. The molecule has 2 amide bonds. The molecule has 0 bridgehead atoms. The number of aromatic nitrogens is 5. The number of hydrogen-bond acceptors (Lipinski definition) is 9. The average molecular weight is 532 g/mol. The molecule has 0 saturated heterocycles. The number of nitrogens with zero attached hydrogens (tertiary/aromatic N) is 6. The molecule has 0 atom stereocenters. The summed E-state index contributed by atoms with van der Waals surface area (Å²) >= 11 is 0. The van der Waals surface area contributed by atoms with Crippen LogP contribution in [0.4, 0.5) is 11.4 Å². The molecule has 16 heteroatoms. The standard InChI is InChI=1S/C21H25N8O7P/c1-22-21(31)17-15(24-14-6-4-5-13(18(14)35-3)19-23-10-28(2)27-19)9-16(25-20(30)12-7-8-12)29(26-17)11-36-37(32,33)34/h4-6,9-10,12,24H,7-8,11H2,1-3H3,(H,22,31)(H2,32,33,34)/b25-16+. The van der Waals surface area contributed by atoms with Crippen molar-refractivity contribution < 1.29 is 33.2 Å². The zero-order valence-corrected chi connectivity index (χ0v) is 21.0. The van der Waals surface area contributed by atoms with Crippen molar-refractivity contribution in [3.8, 4) is 17.1 Å². The topological polar surface area (TPSA) is 195 Å². The Labute approximate surface area is 210 Å². The molecule has 3 aromatic rings. The summed E-state index contributed by atoms with van der Waals surface area (Å²) in [6, 6.07) is 6.57. The lowest BCUT2D eigenvalue weighted by atomic mass is 10.1. The Balaban J connectivity index is 1.83. The lowest BCUT2D eigenvalue weighted by Crippen LogP contribution is -2.31. The minimum absolute atomic E-state index is 0.0676. The van der Waals surface area contributed by atoms with Gasteiger partial charge in [0.2, 0.25) is 0 Å².